The molecule has 0 bridgehead atoms. The Morgan fingerprint density at radius 1 is 0.963 bits per heavy atom. The van der Waals surface area contributed by atoms with Gasteiger partial charge in [0, 0.05) is 41.4 Å². The summed E-state index contributed by atoms with van der Waals surface area (Å²) >= 11 is 0. The first-order chi connectivity index (χ1) is 13.1. The van der Waals surface area contributed by atoms with E-state index in [2.05, 4.69) is 9.97 Å². The summed E-state index contributed by atoms with van der Waals surface area (Å²) in [5.41, 5.74) is 4.30. The fraction of sp³-hybridized carbons (Fsp3) is 0.130. The number of benzene rings is 2. The second kappa shape index (κ2) is 7.16. The molecule has 0 radical (unpaired) electrons. The molecule has 0 saturated heterocycles. The van der Waals surface area contributed by atoms with E-state index >= 15 is 0 Å². The number of hydrogen-bond donors (Lipinski definition) is 1. The van der Waals surface area contributed by atoms with Gasteiger partial charge >= 0.3 is 0 Å². The van der Waals surface area contributed by atoms with Gasteiger partial charge in [0.05, 0.1) is 0 Å². The Morgan fingerprint density at radius 3 is 2.56 bits per heavy atom. The third-order valence-electron chi connectivity index (χ3n) is 4.81. The van der Waals surface area contributed by atoms with Crippen molar-refractivity contribution in [2.75, 3.05) is 0 Å². The average molecular weight is 358 g/mol. The summed E-state index contributed by atoms with van der Waals surface area (Å²) in [7, 11) is 0. The van der Waals surface area contributed by atoms with Crippen LogP contribution in [0.4, 0.5) is 4.39 Å². The van der Waals surface area contributed by atoms with Crippen LogP contribution in [-0.2, 0) is 6.42 Å². The Bertz CT molecular complexity index is 1090. The van der Waals surface area contributed by atoms with Gasteiger partial charge in [0.25, 0.3) is 0 Å². The van der Waals surface area contributed by atoms with Crippen LogP contribution >= 0.6 is 0 Å². The number of halogens is 1. The molecule has 2 aromatic carbocycles. The molecule has 3 nitrogen and oxygen atoms in total. The smallest absolute Gasteiger partial charge is 0.145 e. The molecule has 1 atom stereocenters. The van der Waals surface area contributed by atoms with Crippen LogP contribution in [0, 0.1) is 12.7 Å². The van der Waals surface area contributed by atoms with Gasteiger partial charge in [-0.25, -0.2) is 4.39 Å². The van der Waals surface area contributed by atoms with E-state index in [0.717, 1.165) is 27.8 Å². The summed E-state index contributed by atoms with van der Waals surface area (Å²) in [6.07, 6.45) is 4.05. The first-order valence-electron chi connectivity index (χ1n) is 8.85. The molecule has 2 heterocycles. The van der Waals surface area contributed by atoms with E-state index in [1.807, 2.05) is 43.3 Å². The standard InChI is InChI=1S/C23H19FN2O/c1-15-10-12-25-19(13-15)14-21(16-4-7-18(24)8-5-16)20-9-6-17-3-2-11-26-22(17)23(20)27/h2-13,21,27H,14H2,1H3. The Morgan fingerprint density at radius 2 is 1.78 bits per heavy atom. The number of hydrogen-bond acceptors (Lipinski definition) is 3. The molecule has 2 aromatic heterocycles. The summed E-state index contributed by atoms with van der Waals surface area (Å²) in [5.74, 6) is -0.281. The quantitative estimate of drug-likeness (QED) is 0.548. The maximum atomic E-state index is 13.4. The van der Waals surface area contributed by atoms with E-state index in [4.69, 9.17) is 0 Å². The number of fused-ring (bicyclic) bond motifs is 1. The van der Waals surface area contributed by atoms with Crippen LogP contribution in [0.15, 0.2) is 73.1 Å². The van der Waals surface area contributed by atoms with Crippen molar-refractivity contribution in [2.45, 2.75) is 19.3 Å². The number of rotatable bonds is 4. The Labute approximate surface area is 157 Å². The van der Waals surface area contributed by atoms with Gasteiger partial charge in [-0.1, -0.05) is 30.3 Å². The van der Waals surface area contributed by atoms with E-state index in [0.29, 0.717) is 11.9 Å². The molecule has 0 spiro atoms. The lowest BCUT2D eigenvalue weighted by atomic mass is 9.86. The lowest BCUT2D eigenvalue weighted by Crippen LogP contribution is -2.07. The summed E-state index contributed by atoms with van der Waals surface area (Å²) in [5, 5.41) is 11.8. The van der Waals surface area contributed by atoms with Gasteiger partial charge in [-0.2, -0.15) is 0 Å². The third kappa shape index (κ3) is 3.51. The fourth-order valence-electron chi connectivity index (χ4n) is 3.45. The van der Waals surface area contributed by atoms with Crippen LogP contribution in [-0.4, -0.2) is 15.1 Å². The fourth-order valence-corrected chi connectivity index (χ4v) is 3.45. The highest BCUT2D eigenvalue weighted by Crippen LogP contribution is 2.37. The maximum absolute atomic E-state index is 13.4. The van der Waals surface area contributed by atoms with Gasteiger partial charge < -0.3 is 5.11 Å². The highest BCUT2D eigenvalue weighted by molar-refractivity contribution is 5.85. The predicted octanol–water partition coefficient (Wildman–Crippen LogP) is 5.16. The Kier molecular flexibility index (Phi) is 4.55. The van der Waals surface area contributed by atoms with Gasteiger partial charge in [-0.15, -0.1) is 0 Å². The van der Waals surface area contributed by atoms with E-state index in [1.165, 1.54) is 12.1 Å². The number of pyridine rings is 2. The van der Waals surface area contributed by atoms with Crippen LogP contribution in [0.2, 0.25) is 0 Å². The minimum Gasteiger partial charge on any atom is -0.505 e. The van der Waals surface area contributed by atoms with Crippen LogP contribution in [0.3, 0.4) is 0 Å². The zero-order chi connectivity index (χ0) is 18.8. The molecule has 4 heteroatoms. The number of phenols is 1. The normalized spacial score (nSPS) is 12.2. The number of aromatic nitrogens is 2. The van der Waals surface area contributed by atoms with Crippen molar-refractivity contribution in [1.82, 2.24) is 9.97 Å². The Balaban J connectivity index is 1.84. The molecule has 4 rings (SSSR count). The van der Waals surface area contributed by atoms with Crippen molar-refractivity contribution in [2.24, 2.45) is 0 Å². The number of nitrogens with zero attached hydrogens (tertiary/aromatic N) is 2. The van der Waals surface area contributed by atoms with E-state index < -0.39 is 0 Å². The second-order valence-corrected chi connectivity index (χ2v) is 6.71. The van der Waals surface area contributed by atoms with Crippen molar-refractivity contribution < 1.29 is 9.50 Å². The predicted molar refractivity (Wildman–Crippen MR) is 104 cm³/mol. The number of aromatic hydroxyl groups is 1. The van der Waals surface area contributed by atoms with Crippen molar-refractivity contribution in [3.8, 4) is 5.75 Å². The molecule has 0 amide bonds. The Hall–Kier alpha value is -3.27. The van der Waals surface area contributed by atoms with Gasteiger partial charge in [0.2, 0.25) is 0 Å². The summed E-state index contributed by atoms with van der Waals surface area (Å²) in [4.78, 5) is 8.80. The van der Waals surface area contributed by atoms with E-state index in [9.17, 15) is 9.50 Å². The van der Waals surface area contributed by atoms with Crippen LogP contribution in [0.25, 0.3) is 10.9 Å². The zero-order valence-electron chi connectivity index (χ0n) is 14.9. The summed E-state index contributed by atoms with van der Waals surface area (Å²) < 4.78 is 13.4. The minimum atomic E-state index is -0.282. The molecule has 1 unspecified atom stereocenters. The van der Waals surface area contributed by atoms with E-state index in [1.54, 1.807) is 24.5 Å². The summed E-state index contributed by atoms with van der Waals surface area (Å²) in [6, 6.07) is 18.0. The SMILES string of the molecule is Cc1ccnc(CC(c2ccc(F)cc2)c2ccc3cccnc3c2O)c1. The van der Waals surface area contributed by atoms with Crippen molar-refractivity contribution in [3.63, 3.8) is 0 Å². The molecule has 4 aromatic rings. The maximum Gasteiger partial charge on any atom is 0.145 e. The molecule has 1 N–H and O–H groups in total. The number of phenolic OH excluding ortho intramolecular Hbond substituents is 1. The van der Waals surface area contributed by atoms with Crippen LogP contribution < -0.4 is 0 Å². The van der Waals surface area contributed by atoms with Gasteiger partial charge in [0.15, 0.2) is 0 Å². The van der Waals surface area contributed by atoms with Gasteiger partial charge in [0.1, 0.15) is 17.1 Å². The molecule has 0 aliphatic rings. The molecule has 0 fully saturated rings. The first kappa shape index (κ1) is 17.2. The largest absolute Gasteiger partial charge is 0.505 e. The topological polar surface area (TPSA) is 46.0 Å². The molecule has 0 aliphatic heterocycles. The highest BCUT2D eigenvalue weighted by atomic mass is 19.1. The van der Waals surface area contributed by atoms with Crippen LogP contribution in [0.5, 0.6) is 5.75 Å². The average Bonchev–Trinajstić information content (AvgIpc) is 2.68. The molecule has 0 aliphatic carbocycles. The first-order valence-corrected chi connectivity index (χ1v) is 8.85. The molecule has 134 valence electrons. The van der Waals surface area contributed by atoms with E-state index in [-0.39, 0.29) is 17.5 Å². The summed E-state index contributed by atoms with van der Waals surface area (Å²) in [6.45, 7) is 2.02. The molecule has 0 saturated carbocycles. The highest BCUT2D eigenvalue weighted by Gasteiger charge is 2.21. The third-order valence-corrected chi connectivity index (χ3v) is 4.81. The molecular weight excluding hydrogens is 339 g/mol. The van der Waals surface area contributed by atoms with Gasteiger partial charge in [-0.05, 0) is 48.4 Å². The lowest BCUT2D eigenvalue weighted by Gasteiger charge is -2.20. The lowest BCUT2D eigenvalue weighted by molar-refractivity contribution is 0.469. The monoisotopic (exact) mass is 358 g/mol. The van der Waals surface area contributed by atoms with Gasteiger partial charge in [-0.3, -0.25) is 9.97 Å². The van der Waals surface area contributed by atoms with Crippen LogP contribution in [0.1, 0.15) is 28.3 Å². The van der Waals surface area contributed by atoms with Crippen molar-refractivity contribution >= 4 is 10.9 Å². The molecular formula is C23H19FN2O. The van der Waals surface area contributed by atoms with Crippen molar-refractivity contribution in [1.29, 1.82) is 0 Å². The molecule has 27 heavy (non-hydrogen) atoms. The number of aryl methyl sites for hydroxylation is 1. The minimum absolute atomic E-state index is 0.161. The second-order valence-electron chi connectivity index (χ2n) is 6.71. The zero-order valence-corrected chi connectivity index (χ0v) is 14.9. The van der Waals surface area contributed by atoms with Crippen molar-refractivity contribution in [3.05, 3.63) is 101 Å².